The Morgan fingerprint density at radius 1 is 1.18 bits per heavy atom. The summed E-state index contributed by atoms with van der Waals surface area (Å²) in [4.78, 5) is 4.71. The molecule has 2 N–H and O–H groups in total. The van der Waals surface area contributed by atoms with Crippen LogP contribution in [0.5, 0.6) is 0 Å². The fraction of sp³-hybridized carbons (Fsp3) is 0.667. The molecule has 0 aromatic heterocycles. The third-order valence-electron chi connectivity index (χ3n) is 4.47. The molecule has 7 heteroatoms. The monoisotopic (exact) mass is 505 g/mol. The molecule has 0 amide bonds. The molecule has 1 aromatic rings. The van der Waals surface area contributed by atoms with Crippen LogP contribution in [0.3, 0.4) is 0 Å². The van der Waals surface area contributed by atoms with Gasteiger partial charge in [0.05, 0.1) is 26.4 Å². The van der Waals surface area contributed by atoms with Gasteiger partial charge in [-0.3, -0.25) is 0 Å². The van der Waals surface area contributed by atoms with Crippen LogP contribution in [0.25, 0.3) is 0 Å². The predicted molar refractivity (Wildman–Crippen MR) is 124 cm³/mol. The number of benzene rings is 1. The molecule has 1 aromatic carbocycles. The van der Waals surface area contributed by atoms with Crippen LogP contribution >= 0.6 is 24.0 Å². The molecule has 2 rings (SSSR count). The first-order valence-electron chi connectivity index (χ1n) is 10.2. The number of ether oxygens (including phenoxy) is 3. The van der Waals surface area contributed by atoms with E-state index < -0.39 is 0 Å². The van der Waals surface area contributed by atoms with Crippen molar-refractivity contribution in [2.45, 2.75) is 39.8 Å². The van der Waals surface area contributed by atoms with Gasteiger partial charge in [-0.25, -0.2) is 4.99 Å². The van der Waals surface area contributed by atoms with Gasteiger partial charge in [-0.05, 0) is 37.8 Å². The fourth-order valence-electron chi connectivity index (χ4n) is 2.92. The number of nitrogens with zero attached hydrogens (tertiary/aromatic N) is 1. The zero-order valence-corrected chi connectivity index (χ0v) is 19.6. The van der Waals surface area contributed by atoms with Gasteiger partial charge in [0.2, 0.25) is 0 Å². The maximum absolute atomic E-state index is 5.75. The molecule has 1 atom stereocenters. The van der Waals surface area contributed by atoms with Crippen LogP contribution in [-0.2, 0) is 27.4 Å². The minimum atomic E-state index is 0. The number of rotatable bonds is 12. The van der Waals surface area contributed by atoms with Gasteiger partial charge in [0.25, 0.3) is 0 Å². The zero-order chi connectivity index (χ0) is 19.2. The van der Waals surface area contributed by atoms with Crippen molar-refractivity contribution in [2.24, 2.45) is 10.9 Å². The highest BCUT2D eigenvalue weighted by Crippen LogP contribution is 2.12. The standard InChI is InChI=1S/C21H35N3O3.HI/c1-3-22-21(23-11-7-12-26-15-18-10-13-27-16-18)24-14-19-8-5-6-9-20(19)17-25-4-2;/h5-6,8-9,18H,3-4,7,10-17H2,1-2H3,(H2,22,23,24);1H. The Morgan fingerprint density at radius 2 is 2.00 bits per heavy atom. The van der Waals surface area contributed by atoms with Gasteiger partial charge >= 0.3 is 0 Å². The quantitative estimate of drug-likeness (QED) is 0.198. The molecule has 1 saturated heterocycles. The lowest BCUT2D eigenvalue weighted by atomic mass is 10.1. The van der Waals surface area contributed by atoms with Gasteiger partial charge in [-0.1, -0.05) is 24.3 Å². The van der Waals surface area contributed by atoms with E-state index >= 15 is 0 Å². The van der Waals surface area contributed by atoms with E-state index in [0.717, 1.165) is 64.9 Å². The van der Waals surface area contributed by atoms with Crippen molar-refractivity contribution in [3.05, 3.63) is 35.4 Å². The second kappa shape index (κ2) is 16.0. The van der Waals surface area contributed by atoms with E-state index in [1.807, 2.05) is 19.1 Å². The smallest absolute Gasteiger partial charge is 0.191 e. The second-order valence-electron chi connectivity index (χ2n) is 6.69. The summed E-state index contributed by atoms with van der Waals surface area (Å²) in [5.41, 5.74) is 2.40. The molecule has 1 heterocycles. The van der Waals surface area contributed by atoms with Crippen molar-refractivity contribution >= 4 is 29.9 Å². The molecular weight excluding hydrogens is 469 g/mol. The number of aliphatic imine (C=N–C) groups is 1. The Kier molecular flexibility index (Phi) is 14.3. The van der Waals surface area contributed by atoms with E-state index in [-0.39, 0.29) is 24.0 Å². The molecule has 0 aliphatic carbocycles. The van der Waals surface area contributed by atoms with Gasteiger partial charge in [0, 0.05) is 38.8 Å². The van der Waals surface area contributed by atoms with E-state index in [9.17, 15) is 0 Å². The van der Waals surface area contributed by atoms with Crippen LogP contribution in [-0.4, -0.2) is 52.1 Å². The Hall–Kier alpha value is -0.900. The van der Waals surface area contributed by atoms with E-state index in [0.29, 0.717) is 19.1 Å². The van der Waals surface area contributed by atoms with Gasteiger partial charge in [0.1, 0.15) is 0 Å². The lowest BCUT2D eigenvalue weighted by Gasteiger charge is -2.13. The molecular formula is C21H36IN3O3. The normalized spacial score (nSPS) is 16.6. The first-order chi connectivity index (χ1) is 13.3. The predicted octanol–water partition coefficient (Wildman–Crippen LogP) is 3.34. The Morgan fingerprint density at radius 3 is 2.71 bits per heavy atom. The third-order valence-corrected chi connectivity index (χ3v) is 4.47. The van der Waals surface area contributed by atoms with Crippen LogP contribution in [0.4, 0.5) is 0 Å². The minimum Gasteiger partial charge on any atom is -0.381 e. The highest BCUT2D eigenvalue weighted by molar-refractivity contribution is 14.0. The molecule has 1 aliphatic rings. The van der Waals surface area contributed by atoms with Gasteiger partial charge in [0.15, 0.2) is 5.96 Å². The van der Waals surface area contributed by atoms with Crippen molar-refractivity contribution in [1.29, 1.82) is 0 Å². The van der Waals surface area contributed by atoms with E-state index in [2.05, 4.69) is 29.7 Å². The Bertz CT molecular complexity index is 551. The molecule has 0 saturated carbocycles. The second-order valence-corrected chi connectivity index (χ2v) is 6.69. The summed E-state index contributed by atoms with van der Waals surface area (Å²) < 4.78 is 16.7. The van der Waals surface area contributed by atoms with Crippen LogP contribution < -0.4 is 10.6 Å². The number of hydrogen-bond donors (Lipinski definition) is 2. The Balaban J connectivity index is 0.00000392. The summed E-state index contributed by atoms with van der Waals surface area (Å²) in [6.45, 7) is 11.1. The van der Waals surface area contributed by atoms with Crippen LogP contribution in [0.2, 0.25) is 0 Å². The van der Waals surface area contributed by atoms with Gasteiger partial charge < -0.3 is 24.8 Å². The first kappa shape index (κ1) is 25.1. The lowest BCUT2D eigenvalue weighted by Crippen LogP contribution is -2.38. The van der Waals surface area contributed by atoms with Crippen molar-refractivity contribution in [3.8, 4) is 0 Å². The summed E-state index contributed by atoms with van der Waals surface area (Å²) in [5, 5.41) is 6.69. The molecule has 160 valence electrons. The third kappa shape index (κ3) is 10.0. The molecule has 1 aliphatic heterocycles. The first-order valence-corrected chi connectivity index (χ1v) is 10.2. The van der Waals surface area contributed by atoms with Crippen molar-refractivity contribution < 1.29 is 14.2 Å². The largest absolute Gasteiger partial charge is 0.381 e. The SMILES string of the molecule is CCNC(=NCc1ccccc1COCC)NCCCOCC1CCOC1.I. The molecule has 0 radical (unpaired) electrons. The molecule has 1 unspecified atom stereocenters. The van der Waals surface area contributed by atoms with E-state index in [1.54, 1.807) is 0 Å². The zero-order valence-electron chi connectivity index (χ0n) is 17.2. The van der Waals surface area contributed by atoms with Crippen LogP contribution in [0.1, 0.15) is 37.8 Å². The topological polar surface area (TPSA) is 64.1 Å². The fourth-order valence-corrected chi connectivity index (χ4v) is 2.92. The Labute approximate surface area is 186 Å². The number of halogens is 1. The summed E-state index contributed by atoms with van der Waals surface area (Å²) in [7, 11) is 0. The summed E-state index contributed by atoms with van der Waals surface area (Å²) in [5.74, 6) is 1.42. The van der Waals surface area contributed by atoms with Crippen molar-refractivity contribution in [3.63, 3.8) is 0 Å². The number of hydrogen-bond acceptors (Lipinski definition) is 4. The van der Waals surface area contributed by atoms with Gasteiger partial charge in [-0.15, -0.1) is 24.0 Å². The molecule has 0 bridgehead atoms. The van der Waals surface area contributed by atoms with Crippen molar-refractivity contribution in [2.75, 3.05) is 46.1 Å². The maximum atomic E-state index is 5.75. The highest BCUT2D eigenvalue weighted by atomic mass is 127. The van der Waals surface area contributed by atoms with Gasteiger partial charge in [-0.2, -0.15) is 0 Å². The van der Waals surface area contributed by atoms with Crippen LogP contribution in [0, 0.1) is 5.92 Å². The molecule has 6 nitrogen and oxygen atoms in total. The molecule has 0 spiro atoms. The van der Waals surface area contributed by atoms with E-state index in [4.69, 9.17) is 19.2 Å². The lowest BCUT2D eigenvalue weighted by molar-refractivity contribution is 0.0888. The summed E-state index contributed by atoms with van der Waals surface area (Å²) in [6.07, 6.45) is 2.08. The molecule has 28 heavy (non-hydrogen) atoms. The maximum Gasteiger partial charge on any atom is 0.191 e. The summed E-state index contributed by atoms with van der Waals surface area (Å²) in [6, 6.07) is 8.31. The minimum absolute atomic E-state index is 0. The van der Waals surface area contributed by atoms with E-state index in [1.165, 1.54) is 11.1 Å². The number of nitrogens with one attached hydrogen (secondary N) is 2. The van der Waals surface area contributed by atoms with Crippen molar-refractivity contribution in [1.82, 2.24) is 10.6 Å². The molecule has 1 fully saturated rings. The highest BCUT2D eigenvalue weighted by Gasteiger charge is 2.15. The summed E-state index contributed by atoms with van der Waals surface area (Å²) >= 11 is 0. The average Bonchev–Trinajstić information content (AvgIpc) is 3.21. The average molecular weight is 505 g/mol. The van der Waals surface area contributed by atoms with Crippen LogP contribution in [0.15, 0.2) is 29.3 Å². The number of guanidine groups is 1.